The van der Waals surface area contributed by atoms with Crippen molar-refractivity contribution < 1.29 is 19.4 Å². The van der Waals surface area contributed by atoms with Crippen LogP contribution in [-0.4, -0.2) is 21.8 Å². The summed E-state index contributed by atoms with van der Waals surface area (Å²) >= 11 is 0. The van der Waals surface area contributed by atoms with Crippen LogP contribution in [0.4, 0.5) is 4.39 Å². The van der Waals surface area contributed by atoms with Gasteiger partial charge < -0.3 is 10.2 Å². The molecule has 1 aliphatic rings. The summed E-state index contributed by atoms with van der Waals surface area (Å²) in [6.45, 7) is 8.63. The molecule has 1 fully saturated rings. The lowest BCUT2D eigenvalue weighted by molar-refractivity contribution is -0.136. The van der Waals surface area contributed by atoms with Crippen LogP contribution in [0.1, 0.15) is 85.8 Å². The molecule has 0 unspecified atom stereocenters. The van der Waals surface area contributed by atoms with Gasteiger partial charge in [-0.25, -0.2) is 4.39 Å². The summed E-state index contributed by atoms with van der Waals surface area (Å²) < 4.78 is 14.6. The first-order chi connectivity index (χ1) is 18.1. The second-order valence-electron chi connectivity index (χ2n) is 10.9. The Bertz CT molecular complexity index is 1340. The molecule has 0 spiro atoms. The molecule has 38 heavy (non-hydrogen) atoms. The fourth-order valence-electron chi connectivity index (χ4n) is 6.10. The van der Waals surface area contributed by atoms with Gasteiger partial charge in [0.1, 0.15) is 5.82 Å². The van der Waals surface area contributed by atoms with Gasteiger partial charge >= 0.3 is 5.97 Å². The van der Waals surface area contributed by atoms with Crippen molar-refractivity contribution in [2.45, 2.75) is 83.7 Å². The number of halogens is 1. The molecule has 0 radical (unpaired) electrons. The number of aliphatic carboxylic acids is 1. The molecule has 1 aliphatic carbocycles. The minimum atomic E-state index is -1.04. The number of carbonyl (C=O) groups is 1. The van der Waals surface area contributed by atoms with Gasteiger partial charge in [0.2, 0.25) is 0 Å². The lowest BCUT2D eigenvalue weighted by Crippen LogP contribution is -2.26. The molecule has 0 saturated heterocycles. The molecule has 4 heteroatoms. The highest BCUT2D eigenvalue weighted by molar-refractivity contribution is 5.72. The van der Waals surface area contributed by atoms with Gasteiger partial charge in [-0.1, -0.05) is 87.4 Å². The second-order valence-corrected chi connectivity index (χ2v) is 10.9. The first-order valence-corrected chi connectivity index (χ1v) is 13.8. The molecule has 3 nitrogen and oxygen atoms in total. The van der Waals surface area contributed by atoms with Crippen LogP contribution in [0.25, 0.3) is 17.2 Å². The Kier molecular flexibility index (Phi) is 8.22. The second kappa shape index (κ2) is 11.2. The normalized spacial score (nSPS) is 15.3. The topological polar surface area (TPSA) is 57.5 Å². The van der Waals surface area contributed by atoms with Gasteiger partial charge in [0, 0.05) is 5.41 Å². The summed E-state index contributed by atoms with van der Waals surface area (Å²) in [5.41, 5.74) is 6.94. The Morgan fingerprint density at radius 1 is 0.947 bits per heavy atom. The van der Waals surface area contributed by atoms with Crippen LogP contribution in [0.3, 0.4) is 0 Å². The molecular weight excluding hydrogens is 475 g/mol. The summed E-state index contributed by atoms with van der Waals surface area (Å²) in [5, 5.41) is 19.7. The lowest BCUT2D eigenvalue weighted by atomic mass is 9.69. The maximum absolute atomic E-state index is 14.6. The number of hydrogen-bond acceptors (Lipinski definition) is 2. The van der Waals surface area contributed by atoms with Crippen molar-refractivity contribution in [1.82, 2.24) is 0 Å². The number of aryl methyl sites for hydroxylation is 2. The van der Waals surface area contributed by atoms with Gasteiger partial charge in [-0.2, -0.15) is 0 Å². The third-order valence-electron chi connectivity index (χ3n) is 8.56. The molecule has 0 aliphatic heterocycles. The minimum Gasteiger partial charge on any atom is -0.481 e. The zero-order chi connectivity index (χ0) is 27.5. The Morgan fingerprint density at radius 3 is 2.13 bits per heavy atom. The third kappa shape index (κ3) is 5.61. The van der Waals surface area contributed by atoms with Crippen molar-refractivity contribution in [3.63, 3.8) is 0 Å². The highest BCUT2D eigenvalue weighted by atomic mass is 19.1. The fourth-order valence-corrected chi connectivity index (χ4v) is 6.10. The quantitative estimate of drug-likeness (QED) is 0.303. The van der Waals surface area contributed by atoms with Gasteiger partial charge in [-0.3, -0.25) is 4.79 Å². The maximum Gasteiger partial charge on any atom is 0.307 e. The van der Waals surface area contributed by atoms with E-state index in [0.717, 1.165) is 60.8 Å². The van der Waals surface area contributed by atoms with Crippen LogP contribution in [-0.2, 0) is 16.6 Å². The number of carboxylic acid groups (broad SMARTS) is 1. The van der Waals surface area contributed by atoms with E-state index in [0.29, 0.717) is 0 Å². The van der Waals surface area contributed by atoms with Gasteiger partial charge in [-0.15, -0.1) is 0 Å². The first kappa shape index (κ1) is 27.8. The fraction of sp³-hybridized carbons (Fsp3) is 0.382. The lowest BCUT2D eigenvalue weighted by Gasteiger charge is -2.34. The largest absolute Gasteiger partial charge is 0.481 e. The van der Waals surface area contributed by atoms with Crippen LogP contribution in [0.5, 0.6) is 0 Å². The Hall–Kier alpha value is -3.24. The van der Waals surface area contributed by atoms with Crippen molar-refractivity contribution in [1.29, 1.82) is 0 Å². The van der Waals surface area contributed by atoms with Gasteiger partial charge in [0.05, 0.1) is 12.0 Å². The molecule has 200 valence electrons. The Labute approximate surface area is 226 Å². The summed E-state index contributed by atoms with van der Waals surface area (Å²) in [5.74, 6) is -1.53. The summed E-state index contributed by atoms with van der Waals surface area (Å²) in [6, 6.07) is 17.9. The number of rotatable bonds is 9. The van der Waals surface area contributed by atoms with Crippen molar-refractivity contribution in [3.05, 3.63) is 99.9 Å². The Morgan fingerprint density at radius 2 is 1.58 bits per heavy atom. The van der Waals surface area contributed by atoms with Crippen LogP contribution < -0.4 is 0 Å². The summed E-state index contributed by atoms with van der Waals surface area (Å²) in [4.78, 5) is 11.0. The van der Waals surface area contributed by atoms with E-state index in [1.165, 1.54) is 22.8 Å². The number of hydrogen-bond donors (Lipinski definition) is 2. The predicted molar refractivity (Wildman–Crippen MR) is 153 cm³/mol. The van der Waals surface area contributed by atoms with E-state index in [-0.39, 0.29) is 17.4 Å². The molecule has 1 saturated carbocycles. The molecule has 3 aromatic rings. The molecule has 2 N–H and O–H groups in total. The summed E-state index contributed by atoms with van der Waals surface area (Å²) in [7, 11) is 0. The molecule has 0 atom stereocenters. The van der Waals surface area contributed by atoms with E-state index in [9.17, 15) is 14.3 Å². The average Bonchev–Trinajstić information content (AvgIpc) is 3.32. The molecule has 0 bridgehead atoms. The predicted octanol–water partition coefficient (Wildman–Crippen LogP) is 8.16. The SMILES string of the molecule is CCC(CC)(c1ccc(/C=C/C2(O)CCCC2)c(C)c1)c1ccc(-c2ccc(CC(=O)O)c(F)c2)c(C)c1. The number of aliphatic hydroxyl groups is 1. The van der Waals surface area contributed by atoms with Gasteiger partial charge in [0.15, 0.2) is 0 Å². The van der Waals surface area contributed by atoms with Crippen LogP contribution in [0.15, 0.2) is 60.7 Å². The summed E-state index contributed by atoms with van der Waals surface area (Å²) in [6.07, 6.45) is 9.44. The maximum atomic E-state index is 14.6. The van der Waals surface area contributed by atoms with E-state index in [4.69, 9.17) is 5.11 Å². The zero-order valence-electron chi connectivity index (χ0n) is 23.0. The van der Waals surface area contributed by atoms with Gasteiger partial charge in [-0.05, 0) is 90.1 Å². The standard InChI is InChI=1S/C34H39FO3/c1-5-34(6-2,28-12-11-25(23(3)19-28)15-18-33(38)16-7-8-17-33)29-13-14-30(24(4)20-29)26-9-10-27(22-32(36)37)31(35)21-26/h9-15,18-21,38H,5-8,16-17,22H2,1-4H3,(H,36,37)/b18-15+. The highest BCUT2D eigenvalue weighted by Crippen LogP contribution is 2.41. The van der Waals surface area contributed by atoms with Crippen LogP contribution in [0.2, 0.25) is 0 Å². The smallest absolute Gasteiger partial charge is 0.307 e. The minimum absolute atomic E-state index is 0.156. The number of benzene rings is 3. The van der Waals surface area contributed by atoms with Crippen molar-refractivity contribution in [2.24, 2.45) is 0 Å². The molecular formula is C34H39FO3. The van der Waals surface area contributed by atoms with E-state index >= 15 is 0 Å². The molecule has 3 aromatic carbocycles. The molecule has 4 rings (SSSR count). The van der Waals surface area contributed by atoms with E-state index < -0.39 is 17.4 Å². The molecule has 0 heterocycles. The van der Waals surface area contributed by atoms with E-state index in [1.54, 1.807) is 12.1 Å². The van der Waals surface area contributed by atoms with Crippen molar-refractivity contribution >= 4 is 12.0 Å². The third-order valence-corrected chi connectivity index (χ3v) is 8.56. The van der Waals surface area contributed by atoms with Crippen LogP contribution in [0, 0.1) is 19.7 Å². The van der Waals surface area contributed by atoms with Crippen molar-refractivity contribution in [3.8, 4) is 11.1 Å². The van der Waals surface area contributed by atoms with E-state index in [2.05, 4.69) is 63.2 Å². The zero-order valence-corrected chi connectivity index (χ0v) is 23.0. The highest BCUT2D eigenvalue weighted by Gasteiger charge is 2.32. The van der Waals surface area contributed by atoms with Gasteiger partial charge in [0.25, 0.3) is 0 Å². The van der Waals surface area contributed by atoms with E-state index in [1.807, 2.05) is 13.0 Å². The Balaban J connectivity index is 1.66. The monoisotopic (exact) mass is 514 g/mol. The van der Waals surface area contributed by atoms with Crippen molar-refractivity contribution in [2.75, 3.05) is 0 Å². The average molecular weight is 515 g/mol. The first-order valence-electron chi connectivity index (χ1n) is 13.8. The molecule has 0 amide bonds. The van der Waals surface area contributed by atoms with Crippen LogP contribution >= 0.6 is 0 Å². The number of carboxylic acids is 1. The molecule has 0 aromatic heterocycles.